The van der Waals surface area contributed by atoms with Gasteiger partial charge in [0.2, 0.25) is 0 Å². The highest BCUT2D eigenvalue weighted by atomic mass is 15.2. The van der Waals surface area contributed by atoms with Gasteiger partial charge in [0.05, 0.1) is 11.5 Å². The summed E-state index contributed by atoms with van der Waals surface area (Å²) >= 11 is 0. The van der Waals surface area contributed by atoms with Crippen molar-refractivity contribution in [1.29, 1.82) is 5.26 Å². The number of nitrogens with one attached hydrogen (secondary N) is 1. The Hall–Kier alpha value is -0.590. The van der Waals surface area contributed by atoms with Crippen LogP contribution in [0.2, 0.25) is 0 Å². The highest BCUT2D eigenvalue weighted by Gasteiger charge is 2.18. The van der Waals surface area contributed by atoms with Gasteiger partial charge in [0.25, 0.3) is 0 Å². The summed E-state index contributed by atoms with van der Waals surface area (Å²) in [6.45, 7) is 7.54. The summed E-state index contributed by atoms with van der Waals surface area (Å²) in [4.78, 5) is 2.48. The van der Waals surface area contributed by atoms with Gasteiger partial charge >= 0.3 is 0 Å². The van der Waals surface area contributed by atoms with Crippen molar-refractivity contribution in [3.05, 3.63) is 0 Å². The normalized spacial score (nSPS) is 21.5. The molecule has 0 aromatic heterocycles. The molecular weight excluding hydrogens is 210 g/mol. The Labute approximate surface area is 106 Å². The molecule has 1 atom stereocenters. The maximum absolute atomic E-state index is 8.94. The molecule has 1 aliphatic rings. The number of nitrogens with zero attached hydrogens (tertiary/aromatic N) is 2. The van der Waals surface area contributed by atoms with Crippen LogP contribution in [0.1, 0.15) is 46.0 Å². The van der Waals surface area contributed by atoms with Crippen molar-refractivity contribution >= 4 is 0 Å². The van der Waals surface area contributed by atoms with E-state index < -0.39 is 0 Å². The molecule has 0 amide bonds. The van der Waals surface area contributed by atoms with E-state index in [2.05, 4.69) is 23.3 Å². The summed E-state index contributed by atoms with van der Waals surface area (Å²) in [7, 11) is 2.23. The first-order chi connectivity index (χ1) is 8.05. The van der Waals surface area contributed by atoms with Gasteiger partial charge in [-0.05, 0) is 59.7 Å². The zero-order valence-electron chi connectivity index (χ0n) is 11.6. The molecular formula is C14H27N3. The number of nitriles is 1. The maximum atomic E-state index is 8.94. The van der Waals surface area contributed by atoms with Gasteiger partial charge in [0.1, 0.15) is 0 Å². The first-order valence-corrected chi connectivity index (χ1v) is 6.87. The van der Waals surface area contributed by atoms with E-state index in [1.54, 1.807) is 0 Å². The van der Waals surface area contributed by atoms with E-state index in [-0.39, 0.29) is 5.41 Å². The molecule has 0 radical (unpaired) electrons. The summed E-state index contributed by atoms with van der Waals surface area (Å²) in [5.74, 6) is 0. The van der Waals surface area contributed by atoms with Crippen LogP contribution in [-0.2, 0) is 0 Å². The zero-order chi connectivity index (χ0) is 12.7. The molecule has 3 nitrogen and oxygen atoms in total. The van der Waals surface area contributed by atoms with Crippen LogP contribution in [0.5, 0.6) is 0 Å². The number of likely N-dealkylation sites (N-methyl/N-ethyl adjacent to an activating group) is 1. The van der Waals surface area contributed by atoms with Crippen molar-refractivity contribution in [1.82, 2.24) is 10.2 Å². The Kier molecular flexibility index (Phi) is 5.94. The topological polar surface area (TPSA) is 39.1 Å². The smallest absolute Gasteiger partial charge is 0.0683 e. The zero-order valence-corrected chi connectivity index (χ0v) is 11.6. The predicted molar refractivity (Wildman–Crippen MR) is 71.8 cm³/mol. The van der Waals surface area contributed by atoms with E-state index >= 15 is 0 Å². The lowest BCUT2D eigenvalue weighted by Gasteiger charge is -2.31. The standard InChI is InChI=1S/C14H27N3/c1-14(2,12-15)8-4-5-10-17(3)13-7-6-9-16-11-13/h13,16H,4-11H2,1-3H3. The Morgan fingerprint density at radius 1 is 1.41 bits per heavy atom. The number of piperidine rings is 1. The van der Waals surface area contributed by atoms with Gasteiger partial charge < -0.3 is 10.2 Å². The molecule has 0 aromatic carbocycles. The monoisotopic (exact) mass is 237 g/mol. The molecule has 0 bridgehead atoms. The third-order valence-corrected chi connectivity index (χ3v) is 3.76. The van der Waals surface area contributed by atoms with Crippen molar-refractivity contribution < 1.29 is 0 Å². The Morgan fingerprint density at radius 3 is 2.76 bits per heavy atom. The first kappa shape index (κ1) is 14.5. The van der Waals surface area contributed by atoms with Crippen molar-refractivity contribution in [3.63, 3.8) is 0 Å². The second-order valence-electron chi connectivity index (χ2n) is 5.93. The van der Waals surface area contributed by atoms with Gasteiger partial charge in [-0.1, -0.05) is 6.42 Å². The lowest BCUT2D eigenvalue weighted by Crippen LogP contribution is -2.44. The molecule has 17 heavy (non-hydrogen) atoms. The van der Waals surface area contributed by atoms with Crippen molar-refractivity contribution in [3.8, 4) is 6.07 Å². The number of hydrogen-bond donors (Lipinski definition) is 1. The van der Waals surface area contributed by atoms with E-state index in [1.165, 1.54) is 25.8 Å². The summed E-state index contributed by atoms with van der Waals surface area (Å²) in [5.41, 5.74) is -0.148. The minimum absolute atomic E-state index is 0.148. The van der Waals surface area contributed by atoms with Gasteiger partial charge in [-0.3, -0.25) is 0 Å². The average Bonchev–Trinajstić information content (AvgIpc) is 2.35. The van der Waals surface area contributed by atoms with E-state index in [4.69, 9.17) is 5.26 Å². The van der Waals surface area contributed by atoms with Gasteiger partial charge in [0, 0.05) is 12.6 Å². The Morgan fingerprint density at radius 2 is 2.18 bits per heavy atom. The highest BCUT2D eigenvalue weighted by Crippen LogP contribution is 2.21. The molecule has 0 aromatic rings. The van der Waals surface area contributed by atoms with Gasteiger partial charge in [-0.25, -0.2) is 0 Å². The van der Waals surface area contributed by atoms with E-state index in [0.717, 1.165) is 25.9 Å². The number of hydrogen-bond acceptors (Lipinski definition) is 3. The molecule has 1 fully saturated rings. The van der Waals surface area contributed by atoms with Crippen LogP contribution >= 0.6 is 0 Å². The van der Waals surface area contributed by atoms with Crippen molar-refractivity contribution in [2.75, 3.05) is 26.7 Å². The molecule has 0 spiro atoms. The Bertz CT molecular complexity index is 249. The van der Waals surface area contributed by atoms with Gasteiger partial charge in [-0.15, -0.1) is 0 Å². The molecule has 1 unspecified atom stereocenters. The van der Waals surface area contributed by atoms with E-state index in [0.29, 0.717) is 6.04 Å². The summed E-state index contributed by atoms with van der Waals surface area (Å²) in [6.07, 6.45) is 6.01. The fraction of sp³-hybridized carbons (Fsp3) is 0.929. The van der Waals surface area contributed by atoms with E-state index in [1.807, 2.05) is 13.8 Å². The number of unbranched alkanes of at least 4 members (excludes halogenated alkanes) is 1. The molecule has 3 heteroatoms. The van der Waals surface area contributed by atoms with Gasteiger partial charge in [-0.2, -0.15) is 5.26 Å². The van der Waals surface area contributed by atoms with Crippen LogP contribution in [0.4, 0.5) is 0 Å². The average molecular weight is 237 g/mol. The van der Waals surface area contributed by atoms with Crippen LogP contribution in [0.15, 0.2) is 0 Å². The van der Waals surface area contributed by atoms with Crippen LogP contribution in [0.3, 0.4) is 0 Å². The molecule has 98 valence electrons. The second kappa shape index (κ2) is 6.98. The fourth-order valence-corrected chi connectivity index (χ4v) is 2.38. The quantitative estimate of drug-likeness (QED) is 0.721. The second-order valence-corrected chi connectivity index (χ2v) is 5.93. The molecule has 1 saturated heterocycles. The lowest BCUT2D eigenvalue weighted by atomic mass is 9.89. The lowest BCUT2D eigenvalue weighted by molar-refractivity contribution is 0.197. The molecule has 0 aliphatic carbocycles. The van der Waals surface area contributed by atoms with Crippen molar-refractivity contribution in [2.24, 2.45) is 5.41 Å². The number of rotatable bonds is 6. The van der Waals surface area contributed by atoms with Crippen LogP contribution < -0.4 is 5.32 Å². The molecule has 0 saturated carbocycles. The first-order valence-electron chi connectivity index (χ1n) is 6.87. The largest absolute Gasteiger partial charge is 0.315 e. The van der Waals surface area contributed by atoms with E-state index in [9.17, 15) is 0 Å². The maximum Gasteiger partial charge on any atom is 0.0683 e. The third-order valence-electron chi connectivity index (χ3n) is 3.76. The fourth-order valence-electron chi connectivity index (χ4n) is 2.38. The minimum atomic E-state index is -0.148. The molecule has 1 aliphatic heterocycles. The summed E-state index contributed by atoms with van der Waals surface area (Å²) < 4.78 is 0. The molecule has 1 heterocycles. The van der Waals surface area contributed by atoms with Crippen molar-refractivity contribution in [2.45, 2.75) is 52.0 Å². The summed E-state index contributed by atoms with van der Waals surface area (Å²) in [6, 6.07) is 3.08. The highest BCUT2D eigenvalue weighted by molar-refractivity contribution is 4.91. The third kappa shape index (κ3) is 5.52. The Balaban J connectivity index is 2.11. The summed E-state index contributed by atoms with van der Waals surface area (Å²) in [5, 5.41) is 12.4. The SMILES string of the molecule is CN(CCCCC(C)(C)C#N)C1CCCNC1. The van der Waals surface area contributed by atoms with Crippen LogP contribution in [0, 0.1) is 16.7 Å². The molecule has 1 rings (SSSR count). The minimum Gasteiger partial charge on any atom is -0.315 e. The van der Waals surface area contributed by atoms with Crippen LogP contribution in [-0.4, -0.2) is 37.6 Å². The molecule has 1 N–H and O–H groups in total. The van der Waals surface area contributed by atoms with Gasteiger partial charge in [0.15, 0.2) is 0 Å². The predicted octanol–water partition coefficient (Wildman–Crippen LogP) is 2.39. The van der Waals surface area contributed by atoms with Crippen LogP contribution in [0.25, 0.3) is 0 Å².